The van der Waals surface area contributed by atoms with Gasteiger partial charge in [0.1, 0.15) is 6.04 Å². The molecule has 2 amide bonds. The lowest BCUT2D eigenvalue weighted by atomic mass is 9.95. The molecule has 12 heteroatoms. The molecule has 0 heterocycles. The smallest absolute Gasteiger partial charge is 0.242 e. The molecule has 0 aliphatic heterocycles. The van der Waals surface area contributed by atoms with E-state index in [1.807, 2.05) is 0 Å². The van der Waals surface area contributed by atoms with Gasteiger partial charge in [-0.3, -0.25) is 13.9 Å². The molecule has 1 unspecified atom stereocenters. The summed E-state index contributed by atoms with van der Waals surface area (Å²) in [6.07, 6.45) is 6.32. The van der Waals surface area contributed by atoms with Crippen molar-refractivity contribution in [2.75, 3.05) is 17.1 Å². The van der Waals surface area contributed by atoms with Crippen LogP contribution in [0.5, 0.6) is 0 Å². The fourth-order valence-corrected chi connectivity index (χ4v) is 6.59. The molecule has 0 aromatic heterocycles. The average molecular weight is 637 g/mol. The predicted molar refractivity (Wildman–Crippen MR) is 159 cm³/mol. The summed E-state index contributed by atoms with van der Waals surface area (Å²) in [4.78, 5) is 28.2. The van der Waals surface area contributed by atoms with E-state index in [-0.39, 0.29) is 54.5 Å². The molecule has 39 heavy (non-hydrogen) atoms. The van der Waals surface area contributed by atoms with Crippen molar-refractivity contribution in [1.82, 2.24) is 10.2 Å². The largest absolute Gasteiger partial charge is 0.352 e. The highest BCUT2D eigenvalue weighted by molar-refractivity contribution is 7.92. The number of carbonyl (C=O) groups excluding carboxylic acids is 2. The molecule has 1 saturated carbocycles. The molecule has 2 aromatic carbocycles. The molecule has 0 saturated heterocycles. The highest BCUT2D eigenvalue weighted by Gasteiger charge is 2.29. The van der Waals surface area contributed by atoms with Gasteiger partial charge in [0.05, 0.1) is 17.0 Å². The number of anilines is 1. The molecule has 2 aromatic rings. The molecule has 0 spiro atoms. The number of nitrogens with zero attached hydrogens (tertiary/aromatic N) is 2. The van der Waals surface area contributed by atoms with Crippen LogP contribution < -0.4 is 9.62 Å². The van der Waals surface area contributed by atoms with Gasteiger partial charge in [-0.25, -0.2) is 8.42 Å². The number of nitrogens with one attached hydrogen (secondary N) is 1. The zero-order chi connectivity index (χ0) is 28.7. The number of carbonyl (C=O) groups is 2. The predicted octanol–water partition coefficient (Wildman–Crippen LogP) is 6.71. The zero-order valence-corrected chi connectivity index (χ0v) is 25.8. The van der Waals surface area contributed by atoms with Crippen molar-refractivity contribution >= 4 is 73.9 Å². The lowest BCUT2D eigenvalue weighted by molar-refractivity contribution is -0.141. The van der Waals surface area contributed by atoms with Crippen LogP contribution in [-0.4, -0.2) is 50.0 Å². The third-order valence-corrected chi connectivity index (χ3v) is 9.28. The SMILES string of the molecule is CC(C(=O)NC1CCCCC1)N(Cc1c(Cl)cccc1Cl)C(=O)CCCN(c1cc(Cl)ccc1Cl)S(C)(=O)=O. The molecule has 1 aliphatic rings. The molecule has 1 aliphatic carbocycles. The van der Waals surface area contributed by atoms with Crippen molar-refractivity contribution < 1.29 is 18.0 Å². The van der Waals surface area contributed by atoms with Gasteiger partial charge in [-0.15, -0.1) is 0 Å². The maximum atomic E-state index is 13.5. The molecule has 7 nitrogen and oxygen atoms in total. The molecule has 1 fully saturated rings. The summed E-state index contributed by atoms with van der Waals surface area (Å²) in [7, 11) is -3.72. The monoisotopic (exact) mass is 635 g/mol. The maximum Gasteiger partial charge on any atom is 0.242 e. The van der Waals surface area contributed by atoms with Gasteiger partial charge < -0.3 is 10.2 Å². The van der Waals surface area contributed by atoms with E-state index in [1.165, 1.54) is 17.0 Å². The third-order valence-electron chi connectivity index (χ3n) is 6.84. The molecular formula is C27H33Cl4N3O4S. The lowest BCUT2D eigenvalue weighted by Crippen LogP contribution is -2.50. The van der Waals surface area contributed by atoms with E-state index in [9.17, 15) is 18.0 Å². The summed E-state index contributed by atoms with van der Waals surface area (Å²) in [6, 6.07) is 8.91. The third kappa shape index (κ3) is 8.89. The number of hydrogen-bond acceptors (Lipinski definition) is 4. The lowest BCUT2D eigenvalue weighted by Gasteiger charge is -2.32. The van der Waals surface area contributed by atoms with Crippen LogP contribution in [0.25, 0.3) is 0 Å². The first-order chi connectivity index (χ1) is 18.4. The highest BCUT2D eigenvalue weighted by atomic mass is 35.5. The van der Waals surface area contributed by atoms with Crippen molar-refractivity contribution in [1.29, 1.82) is 0 Å². The summed E-state index contributed by atoms with van der Waals surface area (Å²) in [6.45, 7) is 1.70. The zero-order valence-electron chi connectivity index (χ0n) is 21.9. The topological polar surface area (TPSA) is 86.8 Å². The molecule has 0 radical (unpaired) electrons. The normalized spacial score (nSPS) is 15.0. The first-order valence-corrected chi connectivity index (χ1v) is 16.2. The Morgan fingerprint density at radius 1 is 1.00 bits per heavy atom. The molecule has 1 N–H and O–H groups in total. The summed E-state index contributed by atoms with van der Waals surface area (Å²) < 4.78 is 26.2. The van der Waals surface area contributed by atoms with E-state index >= 15 is 0 Å². The van der Waals surface area contributed by atoms with Gasteiger partial charge in [-0.2, -0.15) is 0 Å². The maximum absolute atomic E-state index is 13.5. The Hall–Kier alpha value is -1.71. The van der Waals surface area contributed by atoms with Gasteiger partial charge in [0.2, 0.25) is 21.8 Å². The first-order valence-electron chi connectivity index (χ1n) is 12.8. The molecule has 0 bridgehead atoms. The van der Waals surface area contributed by atoms with Gasteiger partial charge in [-0.05, 0) is 56.5 Å². The van der Waals surface area contributed by atoms with Crippen LogP contribution in [0, 0.1) is 0 Å². The van der Waals surface area contributed by atoms with Gasteiger partial charge in [-0.1, -0.05) is 71.7 Å². The minimum absolute atomic E-state index is 0.00598. The number of benzene rings is 2. The Labute approximate surface area is 250 Å². The second kappa shape index (κ2) is 14.3. The molecular weight excluding hydrogens is 604 g/mol. The Morgan fingerprint density at radius 2 is 1.64 bits per heavy atom. The van der Waals surface area contributed by atoms with Gasteiger partial charge in [0.15, 0.2) is 0 Å². The van der Waals surface area contributed by atoms with E-state index < -0.39 is 16.1 Å². The molecule has 1 atom stereocenters. The van der Waals surface area contributed by atoms with E-state index in [0.717, 1.165) is 42.7 Å². The van der Waals surface area contributed by atoms with Crippen LogP contribution in [0.1, 0.15) is 57.4 Å². The van der Waals surface area contributed by atoms with Crippen molar-refractivity contribution in [2.45, 2.75) is 70.5 Å². The van der Waals surface area contributed by atoms with E-state index in [1.54, 1.807) is 31.2 Å². The molecule has 214 valence electrons. The van der Waals surface area contributed by atoms with Crippen LogP contribution >= 0.6 is 46.4 Å². The van der Waals surface area contributed by atoms with Crippen LogP contribution in [0.4, 0.5) is 5.69 Å². The average Bonchev–Trinajstić information content (AvgIpc) is 2.87. The Morgan fingerprint density at radius 3 is 2.26 bits per heavy atom. The van der Waals surface area contributed by atoms with E-state index in [4.69, 9.17) is 46.4 Å². The van der Waals surface area contributed by atoms with Crippen molar-refractivity contribution in [3.63, 3.8) is 0 Å². The Balaban J connectivity index is 1.78. The summed E-state index contributed by atoms with van der Waals surface area (Å²) in [5, 5.41) is 4.41. The van der Waals surface area contributed by atoms with Gasteiger partial charge >= 0.3 is 0 Å². The van der Waals surface area contributed by atoms with Crippen LogP contribution in [0.15, 0.2) is 36.4 Å². The second-order valence-electron chi connectivity index (χ2n) is 9.78. The highest BCUT2D eigenvalue weighted by Crippen LogP contribution is 2.31. The number of sulfonamides is 1. The summed E-state index contributed by atoms with van der Waals surface area (Å²) in [5.74, 6) is -0.579. The fourth-order valence-electron chi connectivity index (χ4n) is 4.66. The van der Waals surface area contributed by atoms with Gasteiger partial charge in [0, 0.05) is 46.2 Å². The van der Waals surface area contributed by atoms with E-state index in [2.05, 4.69) is 5.32 Å². The molecule has 3 rings (SSSR count). The first kappa shape index (κ1) is 31.8. The number of amides is 2. The number of hydrogen-bond donors (Lipinski definition) is 1. The van der Waals surface area contributed by atoms with Crippen LogP contribution in [0.3, 0.4) is 0 Å². The van der Waals surface area contributed by atoms with Crippen molar-refractivity contribution in [3.8, 4) is 0 Å². The number of rotatable bonds is 11. The minimum Gasteiger partial charge on any atom is -0.352 e. The quantitative estimate of drug-likeness (QED) is 0.297. The van der Waals surface area contributed by atoms with E-state index in [0.29, 0.717) is 20.6 Å². The Kier molecular flexibility index (Phi) is 11.6. The second-order valence-corrected chi connectivity index (χ2v) is 13.3. The van der Waals surface area contributed by atoms with Crippen molar-refractivity contribution in [3.05, 3.63) is 62.1 Å². The minimum atomic E-state index is -3.72. The van der Waals surface area contributed by atoms with Crippen molar-refractivity contribution in [2.24, 2.45) is 0 Å². The van der Waals surface area contributed by atoms with Gasteiger partial charge in [0.25, 0.3) is 0 Å². The summed E-state index contributed by atoms with van der Waals surface area (Å²) >= 11 is 25.1. The fraction of sp³-hybridized carbons (Fsp3) is 0.481. The standard InChI is InChI=1S/C27H33Cl4N3O4S/c1-18(27(36)32-20-8-4-3-5-9-20)33(17-21-22(29)10-6-11-23(21)30)26(35)12-7-15-34(39(2,37)38)25-16-19(28)13-14-24(25)31/h6,10-11,13-14,16,18,20H,3-5,7-9,12,15,17H2,1-2H3,(H,32,36). The number of halogens is 4. The van der Waals surface area contributed by atoms with Crippen LogP contribution in [0.2, 0.25) is 20.1 Å². The Bertz CT molecular complexity index is 1270. The van der Waals surface area contributed by atoms with Crippen LogP contribution in [-0.2, 0) is 26.2 Å². The summed E-state index contributed by atoms with van der Waals surface area (Å²) in [5.41, 5.74) is 0.772.